The summed E-state index contributed by atoms with van der Waals surface area (Å²) in [6, 6.07) is 4.20. The van der Waals surface area contributed by atoms with Crippen molar-refractivity contribution in [1.82, 2.24) is 14.7 Å². The molecular formula is C16H16FN3O3S. The third-order valence-corrected chi connectivity index (χ3v) is 5.76. The van der Waals surface area contributed by atoms with Crippen molar-refractivity contribution >= 4 is 16.7 Å². The van der Waals surface area contributed by atoms with Gasteiger partial charge < -0.3 is 9.64 Å². The first kappa shape index (κ1) is 15.5. The molecule has 8 heteroatoms. The third-order valence-electron chi connectivity index (χ3n) is 4.36. The fraction of sp³-hybridized carbons (Fsp3) is 0.375. The number of nitrogens with zero attached hydrogens (tertiary/aromatic N) is 3. The minimum absolute atomic E-state index is 0.188. The van der Waals surface area contributed by atoms with Crippen LogP contribution >= 0.6 is 0 Å². The summed E-state index contributed by atoms with van der Waals surface area (Å²) in [5, 5.41) is 4.36. The molecule has 3 heterocycles. The summed E-state index contributed by atoms with van der Waals surface area (Å²) in [7, 11) is 0.401. The van der Waals surface area contributed by atoms with Crippen molar-refractivity contribution in [3.8, 4) is 11.3 Å². The van der Waals surface area contributed by atoms with Crippen LogP contribution in [0.2, 0.25) is 0 Å². The maximum absolute atomic E-state index is 13.7. The molecular weight excluding hydrogens is 333 g/mol. The third kappa shape index (κ3) is 2.37. The molecule has 0 bridgehead atoms. The van der Waals surface area contributed by atoms with E-state index < -0.39 is 16.6 Å². The number of ether oxygens (including phenoxy) is 1. The summed E-state index contributed by atoms with van der Waals surface area (Å²) < 4.78 is 33.1. The number of aryl methyl sites for hydroxylation is 1. The molecule has 126 valence electrons. The lowest BCUT2D eigenvalue weighted by Crippen LogP contribution is -2.41. The second-order valence-corrected chi connectivity index (χ2v) is 7.25. The van der Waals surface area contributed by atoms with Gasteiger partial charge in [0.25, 0.3) is 5.91 Å². The zero-order chi connectivity index (χ0) is 16.8. The maximum Gasteiger partial charge on any atom is 0.274 e. The quantitative estimate of drug-likeness (QED) is 0.779. The number of rotatable bonds is 1. The Kier molecular flexibility index (Phi) is 3.73. The van der Waals surface area contributed by atoms with Crippen LogP contribution < -0.4 is 0 Å². The second-order valence-electron chi connectivity index (χ2n) is 5.83. The standard InChI is InChI=1S/C16H16FN3O3S/c1-19-15-11-8-10(17)2-3-13(11)24(22)9-12(15)14(18-19)16(21)20-4-6-23-7-5-20/h2-3,8H,4-7,9H2,1H3. The highest BCUT2D eigenvalue weighted by Gasteiger charge is 2.33. The molecule has 0 N–H and O–H groups in total. The van der Waals surface area contributed by atoms with Gasteiger partial charge in [-0.05, 0) is 18.2 Å². The Bertz CT molecular complexity index is 858. The first-order valence-electron chi connectivity index (χ1n) is 7.67. The Labute approximate surface area is 140 Å². The number of benzene rings is 1. The van der Waals surface area contributed by atoms with E-state index in [4.69, 9.17) is 4.74 Å². The predicted molar refractivity (Wildman–Crippen MR) is 85.4 cm³/mol. The molecule has 0 spiro atoms. The summed E-state index contributed by atoms with van der Waals surface area (Å²) in [6.45, 7) is 2.03. The van der Waals surface area contributed by atoms with Crippen LogP contribution in [0.5, 0.6) is 0 Å². The van der Waals surface area contributed by atoms with E-state index in [2.05, 4.69) is 5.10 Å². The Balaban J connectivity index is 1.83. The van der Waals surface area contributed by atoms with Crippen molar-refractivity contribution < 1.29 is 18.1 Å². The van der Waals surface area contributed by atoms with Crippen molar-refractivity contribution in [3.63, 3.8) is 0 Å². The molecule has 24 heavy (non-hydrogen) atoms. The molecule has 0 aliphatic carbocycles. The van der Waals surface area contributed by atoms with Crippen LogP contribution in [0.15, 0.2) is 23.1 Å². The highest BCUT2D eigenvalue weighted by molar-refractivity contribution is 7.84. The lowest BCUT2D eigenvalue weighted by molar-refractivity contribution is 0.0298. The fourth-order valence-electron chi connectivity index (χ4n) is 3.22. The van der Waals surface area contributed by atoms with Crippen LogP contribution in [0.3, 0.4) is 0 Å². The summed E-state index contributed by atoms with van der Waals surface area (Å²) in [5.41, 5.74) is 2.15. The lowest BCUT2D eigenvalue weighted by atomic mass is 10.1. The van der Waals surface area contributed by atoms with Gasteiger partial charge in [0.05, 0.1) is 35.5 Å². The minimum atomic E-state index is -1.32. The van der Waals surface area contributed by atoms with E-state index in [1.54, 1.807) is 22.7 Å². The molecule has 1 atom stereocenters. The Hall–Kier alpha value is -2.06. The van der Waals surface area contributed by atoms with Crippen molar-refractivity contribution in [3.05, 3.63) is 35.3 Å². The van der Waals surface area contributed by atoms with Crippen molar-refractivity contribution in [2.45, 2.75) is 10.6 Å². The van der Waals surface area contributed by atoms with Gasteiger partial charge in [0.1, 0.15) is 5.82 Å². The Morgan fingerprint density at radius 2 is 2.08 bits per heavy atom. The SMILES string of the molecule is Cn1nc(C(=O)N2CCOCC2)c2c1-c1cc(F)ccc1S(=O)C2. The summed E-state index contributed by atoms with van der Waals surface area (Å²) in [5.74, 6) is -0.374. The molecule has 1 unspecified atom stereocenters. The van der Waals surface area contributed by atoms with Gasteiger partial charge in [-0.2, -0.15) is 5.10 Å². The van der Waals surface area contributed by atoms with Gasteiger partial charge in [-0.1, -0.05) is 0 Å². The van der Waals surface area contributed by atoms with Gasteiger partial charge in [0.15, 0.2) is 5.69 Å². The smallest absolute Gasteiger partial charge is 0.274 e. The van der Waals surface area contributed by atoms with Gasteiger partial charge in [-0.25, -0.2) is 4.39 Å². The second kappa shape index (κ2) is 5.78. The van der Waals surface area contributed by atoms with Crippen LogP contribution in [0.1, 0.15) is 16.1 Å². The number of halogens is 1. The van der Waals surface area contributed by atoms with E-state index in [0.29, 0.717) is 53.7 Å². The highest BCUT2D eigenvalue weighted by Crippen LogP contribution is 2.38. The maximum atomic E-state index is 13.7. The monoisotopic (exact) mass is 349 g/mol. The molecule has 2 aliphatic rings. The van der Waals surface area contributed by atoms with Crippen LogP contribution in [0.4, 0.5) is 4.39 Å². The van der Waals surface area contributed by atoms with Crippen LogP contribution in [0.25, 0.3) is 11.3 Å². The number of carbonyl (C=O) groups is 1. The van der Waals surface area contributed by atoms with Crippen LogP contribution in [0, 0.1) is 5.82 Å². The molecule has 2 aromatic rings. The van der Waals surface area contributed by atoms with Gasteiger partial charge in [0.2, 0.25) is 0 Å². The average molecular weight is 349 g/mol. The molecule has 4 rings (SSSR count). The predicted octanol–water partition coefficient (Wildman–Crippen LogP) is 1.32. The molecule has 1 fully saturated rings. The summed E-state index contributed by atoms with van der Waals surface area (Å²) >= 11 is 0. The van der Waals surface area contributed by atoms with E-state index in [9.17, 15) is 13.4 Å². The summed E-state index contributed by atoms with van der Waals surface area (Å²) in [4.78, 5) is 15.1. The van der Waals surface area contributed by atoms with Gasteiger partial charge in [0, 0.05) is 36.2 Å². The summed E-state index contributed by atoms with van der Waals surface area (Å²) in [6.07, 6.45) is 0. The number of amides is 1. The van der Waals surface area contributed by atoms with E-state index in [1.165, 1.54) is 12.1 Å². The largest absolute Gasteiger partial charge is 0.378 e. The first-order valence-corrected chi connectivity index (χ1v) is 8.99. The number of fused-ring (bicyclic) bond motifs is 3. The zero-order valence-corrected chi connectivity index (χ0v) is 13.9. The van der Waals surface area contributed by atoms with Crippen molar-refractivity contribution in [2.24, 2.45) is 7.05 Å². The zero-order valence-electron chi connectivity index (χ0n) is 13.1. The minimum Gasteiger partial charge on any atom is -0.378 e. The molecule has 2 aliphatic heterocycles. The van der Waals surface area contributed by atoms with Crippen LogP contribution in [-0.4, -0.2) is 51.1 Å². The fourth-order valence-corrected chi connectivity index (χ4v) is 4.54. The number of hydrogen-bond acceptors (Lipinski definition) is 4. The molecule has 1 saturated heterocycles. The van der Waals surface area contributed by atoms with Crippen molar-refractivity contribution in [2.75, 3.05) is 26.3 Å². The number of morpholine rings is 1. The molecule has 0 radical (unpaired) electrons. The average Bonchev–Trinajstić information content (AvgIpc) is 2.91. The molecule has 1 aromatic carbocycles. The highest BCUT2D eigenvalue weighted by atomic mass is 32.2. The van der Waals surface area contributed by atoms with E-state index in [0.717, 1.165) is 0 Å². The Morgan fingerprint density at radius 3 is 2.83 bits per heavy atom. The molecule has 6 nitrogen and oxygen atoms in total. The van der Waals surface area contributed by atoms with Crippen molar-refractivity contribution in [1.29, 1.82) is 0 Å². The molecule has 0 saturated carbocycles. The lowest BCUT2D eigenvalue weighted by Gasteiger charge is -2.26. The number of carbonyl (C=O) groups excluding carboxylic acids is 1. The van der Waals surface area contributed by atoms with E-state index in [1.807, 2.05) is 0 Å². The molecule has 1 aromatic heterocycles. The van der Waals surface area contributed by atoms with E-state index >= 15 is 0 Å². The Morgan fingerprint density at radius 1 is 1.33 bits per heavy atom. The first-order chi connectivity index (χ1) is 11.6. The topological polar surface area (TPSA) is 64.4 Å². The van der Waals surface area contributed by atoms with Gasteiger partial charge in [-0.3, -0.25) is 13.7 Å². The van der Waals surface area contributed by atoms with Crippen LogP contribution in [-0.2, 0) is 28.3 Å². The number of hydrogen-bond donors (Lipinski definition) is 0. The molecule has 1 amide bonds. The van der Waals surface area contributed by atoms with E-state index in [-0.39, 0.29) is 11.7 Å². The van der Waals surface area contributed by atoms with Gasteiger partial charge in [-0.15, -0.1) is 0 Å². The number of aromatic nitrogens is 2. The van der Waals surface area contributed by atoms with Gasteiger partial charge >= 0.3 is 0 Å². The normalized spacial score (nSPS) is 19.8.